The number of aromatic hydroxyl groups is 8. The van der Waals surface area contributed by atoms with Crippen LogP contribution in [0.4, 0.5) is 0 Å². The van der Waals surface area contributed by atoms with Crippen LogP contribution in [0.25, 0.3) is 111 Å². The zero-order valence-corrected chi connectivity index (χ0v) is 33.5. The van der Waals surface area contributed by atoms with E-state index in [0.717, 1.165) is 27.5 Å². The van der Waals surface area contributed by atoms with Crippen molar-refractivity contribution in [1.29, 1.82) is 0 Å². The van der Waals surface area contributed by atoms with Crippen LogP contribution in [0.1, 0.15) is 0 Å². The molecule has 0 aliphatic rings. The van der Waals surface area contributed by atoms with Crippen LogP contribution in [0.15, 0.2) is 144 Å². The van der Waals surface area contributed by atoms with E-state index >= 15 is 0 Å². The lowest BCUT2D eigenvalue weighted by atomic mass is 10.0. The maximum atomic E-state index is 11.5. The molecule has 4 aromatic heterocycles. The molecule has 0 atom stereocenters. The second kappa shape index (κ2) is 13.5. The Morgan fingerprint density at radius 2 is 0.846 bits per heavy atom. The van der Waals surface area contributed by atoms with Crippen molar-refractivity contribution in [2.75, 3.05) is 0 Å². The van der Waals surface area contributed by atoms with Gasteiger partial charge in [0.15, 0.2) is 46.1 Å². The van der Waals surface area contributed by atoms with Crippen LogP contribution >= 0.6 is 0 Å². The third kappa shape index (κ3) is 5.12. The van der Waals surface area contributed by atoms with E-state index in [0.29, 0.717) is 56.1 Å². The number of benzene rings is 8. The summed E-state index contributed by atoms with van der Waals surface area (Å²) in [4.78, 5) is 14.9. The monoisotopic (exact) mass is 857 g/mol. The number of para-hydroxylation sites is 2. The molecule has 12 rings (SSSR count). The number of furan rings is 1. The zero-order chi connectivity index (χ0) is 44.4. The van der Waals surface area contributed by atoms with Crippen molar-refractivity contribution < 1.29 is 45.3 Å². The molecular weight excluding hydrogens is 827 g/mol. The predicted octanol–water partition coefficient (Wildman–Crippen LogP) is 10.6. The zero-order valence-electron chi connectivity index (χ0n) is 33.5. The Labute approximate surface area is 364 Å². The maximum absolute atomic E-state index is 11.5. The Kier molecular flexibility index (Phi) is 7.77. The molecular formula is C51H31N5O9. The number of nitrogens with zero attached hydrogens (tertiary/aromatic N) is 5. The highest BCUT2D eigenvalue weighted by atomic mass is 16.4. The Morgan fingerprint density at radius 1 is 0.354 bits per heavy atom. The molecule has 0 saturated heterocycles. The van der Waals surface area contributed by atoms with Gasteiger partial charge in [-0.05, 0) is 30.3 Å². The highest BCUT2D eigenvalue weighted by Crippen LogP contribution is 2.59. The van der Waals surface area contributed by atoms with Crippen molar-refractivity contribution in [2.24, 2.45) is 0 Å². The molecule has 8 N–H and O–H groups in total. The van der Waals surface area contributed by atoms with Crippen molar-refractivity contribution >= 4 is 65.6 Å². The van der Waals surface area contributed by atoms with E-state index in [9.17, 15) is 40.9 Å². The van der Waals surface area contributed by atoms with Crippen molar-refractivity contribution in [2.45, 2.75) is 0 Å². The van der Waals surface area contributed by atoms with Crippen LogP contribution in [-0.2, 0) is 0 Å². The standard InChI is InChI=1S/C51H31N5O9/c57-40-36-37-39(43(60)47(64)45(62)41(37)58)56(38(36)42(59)46(63)44(40)61)31-21-11-20-30-35(31)26-16-7-8-19-29(26)55(30)32-22-9-17-27-34-28(18-10-23-33(34)65-48(27)32)51-53-49(24-12-3-1-4-13-24)52-50(54-51)25-14-5-2-6-15-25/h1-23,57-64H. The van der Waals surface area contributed by atoms with Gasteiger partial charge in [-0.1, -0.05) is 109 Å². The predicted molar refractivity (Wildman–Crippen MR) is 245 cm³/mol. The van der Waals surface area contributed by atoms with Gasteiger partial charge >= 0.3 is 0 Å². The molecule has 0 spiro atoms. The first kappa shape index (κ1) is 37.3. The Hall–Kier alpha value is -9.43. The molecule has 0 saturated carbocycles. The van der Waals surface area contributed by atoms with Crippen molar-refractivity contribution in [3.05, 3.63) is 140 Å². The lowest BCUT2D eigenvalue weighted by Gasteiger charge is -2.14. The molecule has 65 heavy (non-hydrogen) atoms. The molecule has 4 heterocycles. The number of aromatic nitrogens is 5. The van der Waals surface area contributed by atoms with Gasteiger partial charge in [-0.25, -0.2) is 15.0 Å². The minimum absolute atomic E-state index is 0.245. The average Bonchev–Trinajstić information content (AvgIpc) is 4.03. The van der Waals surface area contributed by atoms with Crippen molar-refractivity contribution in [3.63, 3.8) is 0 Å². The topological polar surface area (TPSA) is 224 Å². The van der Waals surface area contributed by atoms with Crippen LogP contribution in [-0.4, -0.2) is 64.9 Å². The molecule has 314 valence electrons. The summed E-state index contributed by atoms with van der Waals surface area (Å²) in [6.07, 6.45) is 0. The summed E-state index contributed by atoms with van der Waals surface area (Å²) < 4.78 is 10.0. The summed E-state index contributed by atoms with van der Waals surface area (Å²) in [6, 6.07) is 43.7. The lowest BCUT2D eigenvalue weighted by molar-refractivity contribution is 0.350. The van der Waals surface area contributed by atoms with Gasteiger partial charge in [0.05, 0.1) is 33.2 Å². The largest absolute Gasteiger partial charge is 0.504 e. The van der Waals surface area contributed by atoms with Gasteiger partial charge in [0.1, 0.15) is 16.6 Å². The summed E-state index contributed by atoms with van der Waals surface area (Å²) in [5.74, 6) is -6.68. The summed E-state index contributed by atoms with van der Waals surface area (Å²) in [5.41, 5.74) is 4.98. The molecule has 0 amide bonds. The number of fused-ring (bicyclic) bond motifs is 9. The fraction of sp³-hybridized carbons (Fsp3) is 0. The van der Waals surface area contributed by atoms with E-state index in [1.807, 2.05) is 132 Å². The summed E-state index contributed by atoms with van der Waals surface area (Å²) in [7, 11) is 0. The number of hydrogen-bond donors (Lipinski definition) is 8. The molecule has 14 nitrogen and oxygen atoms in total. The molecule has 0 fully saturated rings. The van der Waals surface area contributed by atoms with Gasteiger partial charge in [0.2, 0.25) is 23.0 Å². The van der Waals surface area contributed by atoms with Gasteiger partial charge < -0.3 is 54.4 Å². The summed E-state index contributed by atoms with van der Waals surface area (Å²) in [6.45, 7) is 0. The molecule has 0 aliphatic carbocycles. The first-order valence-corrected chi connectivity index (χ1v) is 20.3. The van der Waals surface area contributed by atoms with E-state index in [2.05, 4.69) is 0 Å². The second-order valence-corrected chi connectivity index (χ2v) is 15.6. The second-order valence-electron chi connectivity index (χ2n) is 15.6. The molecule has 14 heteroatoms. The number of rotatable bonds is 5. The molecule has 0 radical (unpaired) electrons. The smallest absolute Gasteiger partial charge is 0.206 e. The van der Waals surface area contributed by atoms with Crippen LogP contribution < -0.4 is 0 Å². The fourth-order valence-electron chi connectivity index (χ4n) is 9.20. The van der Waals surface area contributed by atoms with E-state index in [1.165, 1.54) is 4.57 Å². The van der Waals surface area contributed by atoms with Crippen LogP contribution in [0, 0.1) is 0 Å². The van der Waals surface area contributed by atoms with Crippen LogP contribution in [0.2, 0.25) is 0 Å². The minimum atomic E-state index is -1.11. The van der Waals surface area contributed by atoms with E-state index in [-0.39, 0.29) is 16.7 Å². The molecule has 12 aromatic rings. The van der Waals surface area contributed by atoms with Gasteiger partial charge in [0, 0.05) is 38.2 Å². The SMILES string of the molecule is Oc1c(O)c(O)c2c(c1O)c1c(O)c(O)c(O)c(O)c1n2-c1cccc2c1c1ccccc1n2-c1cccc2c1oc1cccc(-c3nc(-c4ccccc4)nc(-c4ccccc4)n3)c12. The molecule has 0 unspecified atom stereocenters. The van der Waals surface area contributed by atoms with Gasteiger partial charge in [-0.3, -0.25) is 0 Å². The molecule has 0 bridgehead atoms. The molecule has 0 aliphatic heterocycles. The first-order chi connectivity index (χ1) is 31.6. The maximum Gasteiger partial charge on any atom is 0.206 e. The summed E-state index contributed by atoms with van der Waals surface area (Å²) >= 11 is 0. The van der Waals surface area contributed by atoms with E-state index in [4.69, 9.17) is 19.4 Å². The highest BCUT2D eigenvalue weighted by molar-refractivity contribution is 6.23. The van der Waals surface area contributed by atoms with Crippen LogP contribution in [0.5, 0.6) is 46.0 Å². The van der Waals surface area contributed by atoms with Gasteiger partial charge in [-0.15, -0.1) is 0 Å². The normalized spacial score (nSPS) is 11.9. The lowest BCUT2D eigenvalue weighted by Crippen LogP contribution is -2.00. The first-order valence-electron chi connectivity index (χ1n) is 20.3. The van der Waals surface area contributed by atoms with Gasteiger partial charge in [-0.2, -0.15) is 0 Å². The third-order valence-electron chi connectivity index (χ3n) is 12.0. The van der Waals surface area contributed by atoms with Crippen molar-refractivity contribution in [1.82, 2.24) is 24.1 Å². The van der Waals surface area contributed by atoms with Crippen LogP contribution in [0.3, 0.4) is 0 Å². The fourth-order valence-corrected chi connectivity index (χ4v) is 9.20. The Morgan fingerprint density at radius 3 is 1.48 bits per heavy atom. The van der Waals surface area contributed by atoms with Crippen molar-refractivity contribution in [3.8, 4) is 91.5 Å². The molecule has 8 aromatic carbocycles. The van der Waals surface area contributed by atoms with E-state index in [1.54, 1.807) is 12.1 Å². The van der Waals surface area contributed by atoms with E-state index < -0.39 is 56.8 Å². The number of hydrogen-bond acceptors (Lipinski definition) is 12. The number of phenols is 8. The quantitative estimate of drug-likeness (QED) is 0.0598. The average molecular weight is 858 g/mol. The third-order valence-corrected chi connectivity index (χ3v) is 12.0. The Balaban J connectivity index is 1.15. The Bertz CT molecular complexity index is 3860. The van der Waals surface area contributed by atoms with Gasteiger partial charge in [0.25, 0.3) is 0 Å². The summed E-state index contributed by atoms with van der Waals surface area (Å²) in [5, 5.41) is 90.2. The minimum Gasteiger partial charge on any atom is -0.504 e. The number of phenolic OH excluding ortho intramolecular Hbond substituents is 8. The highest BCUT2D eigenvalue weighted by Gasteiger charge is 2.33.